The van der Waals surface area contributed by atoms with E-state index < -0.39 is 0 Å². The van der Waals surface area contributed by atoms with Gasteiger partial charge in [0, 0.05) is 19.2 Å². The average molecular weight is 287 g/mol. The zero-order valence-electron chi connectivity index (χ0n) is 12.3. The summed E-state index contributed by atoms with van der Waals surface area (Å²) in [5, 5.41) is 0. The summed E-state index contributed by atoms with van der Waals surface area (Å²) in [6.07, 6.45) is 4.79. The number of hydrogen-bond acceptors (Lipinski definition) is 3. The summed E-state index contributed by atoms with van der Waals surface area (Å²) in [4.78, 5) is 25.5. The molecule has 0 aliphatic carbocycles. The molecule has 0 saturated carbocycles. The van der Waals surface area contributed by atoms with Crippen LogP contribution in [0.15, 0.2) is 36.4 Å². The van der Waals surface area contributed by atoms with Crippen molar-refractivity contribution in [3.8, 4) is 0 Å². The Bertz CT molecular complexity index is 502. The SMILES string of the molecule is CCOC(=O)C1CCN(C(=O)/C=C/c2ccccc2)CC1. The number of piperidine rings is 1. The van der Waals surface area contributed by atoms with Crippen molar-refractivity contribution in [1.29, 1.82) is 0 Å². The Kier molecular flexibility index (Phi) is 5.55. The smallest absolute Gasteiger partial charge is 0.309 e. The van der Waals surface area contributed by atoms with E-state index in [0.717, 1.165) is 5.56 Å². The predicted molar refractivity (Wildman–Crippen MR) is 81.4 cm³/mol. The zero-order chi connectivity index (χ0) is 15.1. The lowest BCUT2D eigenvalue weighted by Gasteiger charge is -2.30. The summed E-state index contributed by atoms with van der Waals surface area (Å²) in [6.45, 7) is 3.45. The van der Waals surface area contributed by atoms with Gasteiger partial charge >= 0.3 is 5.97 Å². The van der Waals surface area contributed by atoms with Crippen LogP contribution in [-0.4, -0.2) is 36.5 Å². The van der Waals surface area contributed by atoms with E-state index in [1.54, 1.807) is 11.0 Å². The fraction of sp³-hybridized carbons (Fsp3) is 0.412. The van der Waals surface area contributed by atoms with Crippen molar-refractivity contribution < 1.29 is 14.3 Å². The van der Waals surface area contributed by atoms with Crippen LogP contribution in [0.4, 0.5) is 0 Å². The molecule has 0 N–H and O–H groups in total. The highest BCUT2D eigenvalue weighted by molar-refractivity contribution is 5.92. The maximum atomic E-state index is 12.1. The molecule has 0 radical (unpaired) electrons. The molecule has 0 aromatic heterocycles. The summed E-state index contributed by atoms with van der Waals surface area (Å²) in [6, 6.07) is 9.73. The third-order valence-electron chi connectivity index (χ3n) is 3.64. The molecule has 4 heteroatoms. The van der Waals surface area contributed by atoms with Gasteiger partial charge in [0.1, 0.15) is 0 Å². The summed E-state index contributed by atoms with van der Waals surface area (Å²) in [5.41, 5.74) is 1.01. The van der Waals surface area contributed by atoms with Gasteiger partial charge in [0.15, 0.2) is 0 Å². The van der Waals surface area contributed by atoms with E-state index in [4.69, 9.17) is 4.74 Å². The number of carbonyl (C=O) groups excluding carboxylic acids is 2. The number of rotatable bonds is 4. The molecule has 1 saturated heterocycles. The van der Waals surface area contributed by atoms with E-state index >= 15 is 0 Å². The van der Waals surface area contributed by atoms with Gasteiger partial charge in [-0.3, -0.25) is 9.59 Å². The number of likely N-dealkylation sites (tertiary alicyclic amines) is 1. The minimum Gasteiger partial charge on any atom is -0.466 e. The van der Waals surface area contributed by atoms with E-state index in [1.165, 1.54) is 0 Å². The van der Waals surface area contributed by atoms with Crippen LogP contribution in [-0.2, 0) is 14.3 Å². The molecule has 1 fully saturated rings. The lowest BCUT2D eigenvalue weighted by atomic mass is 9.97. The molecule has 2 rings (SSSR count). The Labute approximate surface area is 125 Å². The topological polar surface area (TPSA) is 46.6 Å². The first-order chi connectivity index (χ1) is 10.2. The highest BCUT2D eigenvalue weighted by Gasteiger charge is 2.27. The molecule has 0 atom stereocenters. The first-order valence-electron chi connectivity index (χ1n) is 7.39. The van der Waals surface area contributed by atoms with E-state index in [9.17, 15) is 9.59 Å². The molecule has 1 amide bonds. The van der Waals surface area contributed by atoms with Crippen LogP contribution < -0.4 is 0 Å². The van der Waals surface area contributed by atoms with E-state index in [1.807, 2.05) is 43.3 Å². The Morgan fingerprint density at radius 3 is 2.52 bits per heavy atom. The van der Waals surface area contributed by atoms with Crippen LogP contribution in [0.5, 0.6) is 0 Å². The molecule has 112 valence electrons. The number of amides is 1. The third-order valence-corrected chi connectivity index (χ3v) is 3.64. The fourth-order valence-corrected chi connectivity index (χ4v) is 2.43. The lowest BCUT2D eigenvalue weighted by Crippen LogP contribution is -2.39. The molecule has 1 aliphatic heterocycles. The zero-order valence-corrected chi connectivity index (χ0v) is 12.3. The van der Waals surface area contributed by atoms with Crippen LogP contribution in [0.2, 0.25) is 0 Å². The first-order valence-corrected chi connectivity index (χ1v) is 7.39. The highest BCUT2D eigenvalue weighted by Crippen LogP contribution is 2.19. The maximum Gasteiger partial charge on any atom is 0.309 e. The number of benzene rings is 1. The molecule has 0 spiro atoms. The molecule has 0 bridgehead atoms. The van der Waals surface area contributed by atoms with Gasteiger partial charge in [0.2, 0.25) is 5.91 Å². The van der Waals surface area contributed by atoms with Crippen LogP contribution in [0.3, 0.4) is 0 Å². The second-order valence-corrected chi connectivity index (χ2v) is 5.10. The molecule has 1 aromatic carbocycles. The molecule has 4 nitrogen and oxygen atoms in total. The number of esters is 1. The summed E-state index contributed by atoms with van der Waals surface area (Å²) >= 11 is 0. The summed E-state index contributed by atoms with van der Waals surface area (Å²) < 4.78 is 5.03. The number of ether oxygens (including phenoxy) is 1. The van der Waals surface area contributed by atoms with Crippen LogP contribution in [0.25, 0.3) is 6.08 Å². The minimum atomic E-state index is -0.135. The van der Waals surface area contributed by atoms with Gasteiger partial charge in [-0.05, 0) is 31.4 Å². The molecule has 1 aromatic rings. The quantitative estimate of drug-likeness (QED) is 0.631. The van der Waals surface area contributed by atoms with Gasteiger partial charge in [0.25, 0.3) is 0 Å². The van der Waals surface area contributed by atoms with Crippen molar-refractivity contribution in [2.45, 2.75) is 19.8 Å². The van der Waals surface area contributed by atoms with E-state index in [-0.39, 0.29) is 17.8 Å². The molecular weight excluding hydrogens is 266 g/mol. The average Bonchev–Trinajstić information content (AvgIpc) is 2.54. The van der Waals surface area contributed by atoms with Gasteiger partial charge in [0.05, 0.1) is 12.5 Å². The van der Waals surface area contributed by atoms with E-state index in [2.05, 4.69) is 0 Å². The summed E-state index contributed by atoms with van der Waals surface area (Å²) in [5.74, 6) is -0.197. The maximum absolute atomic E-state index is 12.1. The van der Waals surface area contributed by atoms with Crippen molar-refractivity contribution in [3.05, 3.63) is 42.0 Å². The van der Waals surface area contributed by atoms with Gasteiger partial charge in [-0.25, -0.2) is 0 Å². The number of nitrogens with zero attached hydrogens (tertiary/aromatic N) is 1. The Morgan fingerprint density at radius 2 is 1.90 bits per heavy atom. The Hall–Kier alpha value is -2.10. The van der Waals surface area contributed by atoms with Crippen molar-refractivity contribution in [2.75, 3.05) is 19.7 Å². The first kappa shape index (κ1) is 15.3. The molecule has 1 aliphatic rings. The summed E-state index contributed by atoms with van der Waals surface area (Å²) in [7, 11) is 0. The number of carbonyl (C=O) groups is 2. The molecular formula is C17H21NO3. The van der Waals surface area contributed by atoms with Crippen LogP contribution in [0.1, 0.15) is 25.3 Å². The second kappa shape index (κ2) is 7.62. The van der Waals surface area contributed by atoms with Crippen LogP contribution in [0, 0.1) is 5.92 Å². The highest BCUT2D eigenvalue weighted by atomic mass is 16.5. The Morgan fingerprint density at radius 1 is 1.24 bits per heavy atom. The predicted octanol–water partition coefficient (Wildman–Crippen LogP) is 2.50. The van der Waals surface area contributed by atoms with Gasteiger partial charge in [-0.1, -0.05) is 30.3 Å². The molecule has 1 heterocycles. The lowest BCUT2D eigenvalue weighted by molar-refractivity contribution is -0.150. The third kappa shape index (κ3) is 4.45. The minimum absolute atomic E-state index is 0.00108. The van der Waals surface area contributed by atoms with Crippen molar-refractivity contribution in [1.82, 2.24) is 4.90 Å². The van der Waals surface area contributed by atoms with Crippen molar-refractivity contribution in [3.63, 3.8) is 0 Å². The standard InChI is InChI=1S/C17H21NO3/c1-2-21-17(20)15-10-12-18(13-11-15)16(19)9-8-14-6-4-3-5-7-14/h3-9,15H,2,10-13H2,1H3/b9-8+. The monoisotopic (exact) mass is 287 g/mol. The largest absolute Gasteiger partial charge is 0.466 e. The van der Waals surface area contributed by atoms with E-state index in [0.29, 0.717) is 32.5 Å². The van der Waals surface area contributed by atoms with Gasteiger partial charge < -0.3 is 9.64 Å². The van der Waals surface area contributed by atoms with Crippen LogP contribution >= 0.6 is 0 Å². The van der Waals surface area contributed by atoms with Gasteiger partial charge in [-0.15, -0.1) is 0 Å². The van der Waals surface area contributed by atoms with Crippen molar-refractivity contribution in [2.24, 2.45) is 5.92 Å². The van der Waals surface area contributed by atoms with Gasteiger partial charge in [-0.2, -0.15) is 0 Å². The Balaban J connectivity index is 1.83. The second-order valence-electron chi connectivity index (χ2n) is 5.10. The van der Waals surface area contributed by atoms with Crippen molar-refractivity contribution >= 4 is 18.0 Å². The molecule has 0 unspecified atom stereocenters. The normalized spacial score (nSPS) is 16.1. The fourth-order valence-electron chi connectivity index (χ4n) is 2.43. The molecule has 21 heavy (non-hydrogen) atoms. The number of hydrogen-bond donors (Lipinski definition) is 0.